The molecule has 1 aromatic rings. The topological polar surface area (TPSA) is 4.36 Å². The highest BCUT2D eigenvalue weighted by atomic mass is 79.9. The molecule has 2 heteroatoms. The number of halogens is 1. The first-order valence-corrected chi connectivity index (χ1v) is 4.57. The van der Waals surface area contributed by atoms with E-state index in [1.807, 2.05) is 32.0 Å². The zero-order valence-electron chi connectivity index (χ0n) is 7.13. The number of nitrogens with zero attached hydrogens (tertiary/aromatic N) is 1. The van der Waals surface area contributed by atoms with Crippen LogP contribution < -0.4 is 0 Å². The van der Waals surface area contributed by atoms with Gasteiger partial charge < -0.3 is 4.85 Å². The summed E-state index contributed by atoms with van der Waals surface area (Å²) in [6.45, 7) is 10.9. The van der Waals surface area contributed by atoms with E-state index >= 15 is 0 Å². The first-order valence-electron chi connectivity index (χ1n) is 3.77. The van der Waals surface area contributed by atoms with Crippen molar-refractivity contribution in [2.24, 2.45) is 0 Å². The number of hydrogen-bond acceptors (Lipinski definition) is 0. The Morgan fingerprint density at radius 2 is 2.17 bits per heavy atom. The van der Waals surface area contributed by atoms with Crippen molar-refractivity contribution in [2.45, 2.75) is 19.9 Å². The molecule has 0 bridgehead atoms. The van der Waals surface area contributed by atoms with E-state index in [1.165, 1.54) is 5.56 Å². The molecule has 0 fully saturated rings. The fraction of sp³-hybridized carbons (Fsp3) is 0.300. The monoisotopic (exact) mass is 223 g/mol. The molecule has 0 amide bonds. The molecule has 62 valence electrons. The molecule has 0 N–H and O–H groups in total. The Kier molecular flexibility index (Phi) is 2.88. The van der Waals surface area contributed by atoms with Crippen LogP contribution >= 0.6 is 15.9 Å². The summed E-state index contributed by atoms with van der Waals surface area (Å²) in [7, 11) is 0. The number of aryl methyl sites for hydroxylation is 1. The Morgan fingerprint density at radius 3 is 2.67 bits per heavy atom. The minimum atomic E-state index is -0.0295. The van der Waals surface area contributed by atoms with Gasteiger partial charge in [0.25, 0.3) is 0 Å². The van der Waals surface area contributed by atoms with Crippen LogP contribution in [0.1, 0.15) is 24.1 Å². The van der Waals surface area contributed by atoms with Gasteiger partial charge in [-0.25, -0.2) is 6.57 Å². The number of hydrogen-bond donors (Lipinski definition) is 0. The van der Waals surface area contributed by atoms with Crippen LogP contribution in [0, 0.1) is 13.5 Å². The lowest BCUT2D eigenvalue weighted by molar-refractivity contribution is 0.946. The number of benzene rings is 1. The molecule has 0 aliphatic heterocycles. The maximum absolute atomic E-state index is 6.91. The summed E-state index contributed by atoms with van der Waals surface area (Å²) in [6.07, 6.45) is 0. The van der Waals surface area contributed by atoms with E-state index in [0.717, 1.165) is 10.0 Å². The maximum Gasteiger partial charge on any atom is 0.246 e. The summed E-state index contributed by atoms with van der Waals surface area (Å²) in [4.78, 5) is 3.48. The summed E-state index contributed by atoms with van der Waals surface area (Å²) in [6, 6.07) is 5.99. The van der Waals surface area contributed by atoms with Gasteiger partial charge in [-0.3, -0.25) is 0 Å². The molecule has 0 spiro atoms. The minimum Gasteiger partial charge on any atom is -0.309 e. The van der Waals surface area contributed by atoms with Gasteiger partial charge in [0, 0.05) is 17.0 Å². The summed E-state index contributed by atoms with van der Waals surface area (Å²) >= 11 is 3.39. The zero-order valence-corrected chi connectivity index (χ0v) is 8.72. The summed E-state index contributed by atoms with van der Waals surface area (Å²) in [5.41, 5.74) is 2.29. The normalized spacial score (nSPS) is 12.2. The van der Waals surface area contributed by atoms with E-state index in [-0.39, 0.29) is 6.04 Å². The summed E-state index contributed by atoms with van der Waals surface area (Å²) in [5.74, 6) is 0. The quantitative estimate of drug-likeness (QED) is 0.640. The van der Waals surface area contributed by atoms with Crippen molar-refractivity contribution in [3.05, 3.63) is 45.2 Å². The Bertz CT molecular complexity index is 325. The molecule has 0 saturated carbocycles. The van der Waals surface area contributed by atoms with Crippen LogP contribution in [-0.2, 0) is 0 Å². The first-order chi connectivity index (χ1) is 5.65. The Morgan fingerprint density at radius 1 is 1.50 bits per heavy atom. The maximum atomic E-state index is 6.91. The zero-order chi connectivity index (χ0) is 9.14. The van der Waals surface area contributed by atoms with E-state index in [9.17, 15) is 0 Å². The van der Waals surface area contributed by atoms with E-state index in [2.05, 4.69) is 20.8 Å². The lowest BCUT2D eigenvalue weighted by Crippen LogP contribution is -1.90. The standard InChI is InChI=1S/C10H10BrN/c1-7-6-9(11)4-5-10(7)8(2)12-3/h4-6,8H,1-2H3. The molecule has 1 nitrogen and oxygen atoms in total. The number of rotatable bonds is 1. The third-order valence-electron chi connectivity index (χ3n) is 1.88. The van der Waals surface area contributed by atoms with E-state index in [4.69, 9.17) is 6.57 Å². The third-order valence-corrected chi connectivity index (χ3v) is 2.37. The van der Waals surface area contributed by atoms with Gasteiger partial charge >= 0.3 is 0 Å². The molecule has 0 saturated heterocycles. The fourth-order valence-corrected chi connectivity index (χ4v) is 1.65. The SMILES string of the molecule is [C-]#[N+]C(C)c1ccc(Br)cc1C. The molecule has 0 radical (unpaired) electrons. The van der Waals surface area contributed by atoms with Crippen molar-refractivity contribution in [2.75, 3.05) is 0 Å². The van der Waals surface area contributed by atoms with Crippen LogP contribution in [0.15, 0.2) is 22.7 Å². The average molecular weight is 224 g/mol. The molecule has 1 aromatic carbocycles. The van der Waals surface area contributed by atoms with Crippen molar-refractivity contribution in [3.63, 3.8) is 0 Å². The van der Waals surface area contributed by atoms with Crippen molar-refractivity contribution in [1.82, 2.24) is 0 Å². The van der Waals surface area contributed by atoms with E-state index in [0.29, 0.717) is 0 Å². The van der Waals surface area contributed by atoms with Crippen LogP contribution in [-0.4, -0.2) is 0 Å². The molecule has 0 aliphatic rings. The molecular formula is C10H10BrN. The largest absolute Gasteiger partial charge is 0.309 e. The summed E-state index contributed by atoms with van der Waals surface area (Å²) < 4.78 is 1.07. The molecule has 0 aliphatic carbocycles. The molecular weight excluding hydrogens is 214 g/mol. The Balaban J connectivity index is 3.11. The predicted molar refractivity (Wildman–Crippen MR) is 53.9 cm³/mol. The molecule has 12 heavy (non-hydrogen) atoms. The van der Waals surface area contributed by atoms with Crippen LogP contribution in [0.3, 0.4) is 0 Å². The molecule has 0 heterocycles. The van der Waals surface area contributed by atoms with E-state index in [1.54, 1.807) is 0 Å². The minimum absolute atomic E-state index is 0.0295. The second-order valence-corrected chi connectivity index (χ2v) is 3.72. The first kappa shape index (κ1) is 9.28. The van der Waals surface area contributed by atoms with Gasteiger partial charge in [-0.15, -0.1) is 0 Å². The van der Waals surface area contributed by atoms with E-state index < -0.39 is 0 Å². The van der Waals surface area contributed by atoms with Gasteiger partial charge in [0.2, 0.25) is 6.04 Å². The van der Waals surface area contributed by atoms with Gasteiger partial charge in [0.05, 0.1) is 0 Å². The second kappa shape index (κ2) is 3.73. The average Bonchev–Trinajstić information content (AvgIpc) is 2.03. The Hall–Kier alpha value is -0.810. The van der Waals surface area contributed by atoms with Crippen molar-refractivity contribution < 1.29 is 0 Å². The highest BCUT2D eigenvalue weighted by Gasteiger charge is 2.10. The predicted octanol–water partition coefficient (Wildman–Crippen LogP) is 3.74. The van der Waals surface area contributed by atoms with Crippen LogP contribution in [0.25, 0.3) is 4.85 Å². The van der Waals surface area contributed by atoms with Gasteiger partial charge in [0.1, 0.15) is 0 Å². The lowest BCUT2D eigenvalue weighted by atomic mass is 10.0. The molecule has 1 rings (SSSR count). The van der Waals surface area contributed by atoms with Gasteiger partial charge in [-0.05, 0) is 30.7 Å². The highest BCUT2D eigenvalue weighted by Crippen LogP contribution is 2.23. The van der Waals surface area contributed by atoms with Crippen LogP contribution in [0.4, 0.5) is 0 Å². The second-order valence-electron chi connectivity index (χ2n) is 2.81. The van der Waals surface area contributed by atoms with Crippen LogP contribution in [0.2, 0.25) is 0 Å². The molecule has 1 unspecified atom stereocenters. The van der Waals surface area contributed by atoms with Crippen molar-refractivity contribution in [1.29, 1.82) is 0 Å². The van der Waals surface area contributed by atoms with Gasteiger partial charge in [-0.1, -0.05) is 15.9 Å². The Labute approximate surface area is 81.4 Å². The van der Waals surface area contributed by atoms with Crippen molar-refractivity contribution >= 4 is 15.9 Å². The summed E-state index contributed by atoms with van der Waals surface area (Å²) in [5, 5.41) is 0. The van der Waals surface area contributed by atoms with Crippen LogP contribution in [0.5, 0.6) is 0 Å². The van der Waals surface area contributed by atoms with Gasteiger partial charge in [-0.2, -0.15) is 0 Å². The molecule has 0 aromatic heterocycles. The van der Waals surface area contributed by atoms with Gasteiger partial charge in [0.15, 0.2) is 0 Å². The third kappa shape index (κ3) is 1.86. The highest BCUT2D eigenvalue weighted by molar-refractivity contribution is 9.10. The van der Waals surface area contributed by atoms with Crippen molar-refractivity contribution in [3.8, 4) is 0 Å². The fourth-order valence-electron chi connectivity index (χ4n) is 1.18. The molecule has 1 atom stereocenters. The smallest absolute Gasteiger partial charge is 0.246 e. The lowest BCUT2D eigenvalue weighted by Gasteiger charge is -2.04.